The molecule has 0 aliphatic heterocycles. The lowest BCUT2D eigenvalue weighted by Gasteiger charge is -2.13. The van der Waals surface area contributed by atoms with Crippen LogP contribution in [0.4, 0.5) is 28.4 Å². The second-order valence-corrected chi connectivity index (χ2v) is 8.70. The zero-order valence-corrected chi connectivity index (χ0v) is 18.9. The number of para-hydroxylation sites is 1. The van der Waals surface area contributed by atoms with Crippen molar-refractivity contribution >= 4 is 49.3 Å². The molecule has 178 valence electrons. The molecule has 0 aliphatic carbocycles. The fraction of sp³-hybridized carbons (Fsp3) is 0.0435. The molecule has 0 unspecified atom stereocenters. The number of nitrogens with zero attached hydrogens (tertiary/aromatic N) is 3. The topological polar surface area (TPSA) is 164 Å². The summed E-state index contributed by atoms with van der Waals surface area (Å²) >= 11 is 0. The van der Waals surface area contributed by atoms with E-state index in [1.165, 1.54) is 31.4 Å². The highest BCUT2D eigenvalue weighted by Crippen LogP contribution is 2.43. The Morgan fingerprint density at radius 1 is 1.00 bits per heavy atom. The number of rotatable bonds is 7. The average molecular weight is 494 g/mol. The predicted molar refractivity (Wildman–Crippen MR) is 129 cm³/mol. The van der Waals surface area contributed by atoms with Crippen molar-refractivity contribution in [3.63, 3.8) is 0 Å². The lowest BCUT2D eigenvalue weighted by atomic mass is 10.1. The van der Waals surface area contributed by atoms with Gasteiger partial charge in [0.1, 0.15) is 17.1 Å². The van der Waals surface area contributed by atoms with E-state index in [-0.39, 0.29) is 33.6 Å². The van der Waals surface area contributed by atoms with Crippen molar-refractivity contribution in [3.8, 4) is 11.5 Å². The van der Waals surface area contributed by atoms with E-state index >= 15 is 0 Å². The zero-order chi connectivity index (χ0) is 25.2. The molecule has 0 saturated carbocycles. The number of nitro groups is 1. The van der Waals surface area contributed by atoms with Crippen molar-refractivity contribution in [2.75, 3.05) is 12.4 Å². The maximum atomic E-state index is 11.6. The van der Waals surface area contributed by atoms with Crippen molar-refractivity contribution in [2.24, 2.45) is 10.2 Å². The molecular weight excluding hydrogens is 476 g/mol. The summed E-state index contributed by atoms with van der Waals surface area (Å²) in [7, 11) is -3.23. The Labute approximate surface area is 199 Å². The van der Waals surface area contributed by atoms with E-state index in [4.69, 9.17) is 4.74 Å². The minimum Gasteiger partial charge on any atom is -0.507 e. The molecule has 0 aromatic heterocycles. The summed E-state index contributed by atoms with van der Waals surface area (Å²) in [6, 6.07) is 18.2. The van der Waals surface area contributed by atoms with E-state index in [1.54, 1.807) is 12.1 Å². The van der Waals surface area contributed by atoms with E-state index in [2.05, 4.69) is 15.5 Å². The highest BCUT2D eigenvalue weighted by atomic mass is 32.2. The Balaban J connectivity index is 1.91. The Kier molecular flexibility index (Phi) is 6.32. The van der Waals surface area contributed by atoms with Gasteiger partial charge >= 0.3 is 0 Å². The number of nitro benzene ring substituents is 1. The first-order valence-electron chi connectivity index (χ1n) is 10.0. The number of phenolic OH excluding ortho intramolecular Hbond substituents is 1. The molecule has 11 nitrogen and oxygen atoms in total. The van der Waals surface area contributed by atoms with E-state index < -0.39 is 25.7 Å². The number of phenols is 1. The third-order valence-electron chi connectivity index (χ3n) is 5.03. The maximum absolute atomic E-state index is 11.6. The summed E-state index contributed by atoms with van der Waals surface area (Å²) in [5, 5.41) is 33.8. The molecule has 4 aromatic rings. The predicted octanol–water partition coefficient (Wildman–Crippen LogP) is 5.87. The number of azo groups is 1. The molecule has 0 radical (unpaired) electrons. The van der Waals surface area contributed by atoms with E-state index in [0.717, 1.165) is 6.07 Å². The molecule has 0 aliphatic rings. The van der Waals surface area contributed by atoms with Crippen LogP contribution in [0.2, 0.25) is 0 Å². The Bertz CT molecular complexity index is 1570. The minimum absolute atomic E-state index is 0.110. The number of nitrogens with one attached hydrogen (secondary N) is 1. The largest absolute Gasteiger partial charge is 0.507 e. The molecule has 3 N–H and O–H groups in total. The van der Waals surface area contributed by atoms with Gasteiger partial charge < -0.3 is 15.2 Å². The second-order valence-electron chi connectivity index (χ2n) is 7.28. The molecule has 0 fully saturated rings. The third kappa shape index (κ3) is 5.03. The van der Waals surface area contributed by atoms with Gasteiger partial charge in [-0.25, -0.2) is 0 Å². The summed E-state index contributed by atoms with van der Waals surface area (Å²) in [5.41, 5.74) is 1.31. The number of anilines is 2. The van der Waals surface area contributed by atoms with Crippen molar-refractivity contribution in [2.45, 2.75) is 4.90 Å². The molecule has 12 heteroatoms. The van der Waals surface area contributed by atoms with Crippen LogP contribution in [-0.2, 0) is 10.1 Å². The highest BCUT2D eigenvalue weighted by Gasteiger charge is 2.18. The van der Waals surface area contributed by atoms with Gasteiger partial charge in [0.05, 0.1) is 34.1 Å². The van der Waals surface area contributed by atoms with Crippen LogP contribution in [0.15, 0.2) is 87.9 Å². The van der Waals surface area contributed by atoms with Crippen LogP contribution in [0.3, 0.4) is 0 Å². The first kappa shape index (κ1) is 23.6. The van der Waals surface area contributed by atoms with Crippen LogP contribution in [0.25, 0.3) is 10.8 Å². The van der Waals surface area contributed by atoms with E-state index in [9.17, 15) is 28.2 Å². The Morgan fingerprint density at radius 3 is 2.40 bits per heavy atom. The van der Waals surface area contributed by atoms with Crippen molar-refractivity contribution in [1.29, 1.82) is 0 Å². The molecule has 0 bridgehead atoms. The van der Waals surface area contributed by atoms with Crippen molar-refractivity contribution in [3.05, 3.63) is 82.9 Å². The molecule has 0 heterocycles. The third-order valence-corrected chi connectivity index (χ3v) is 5.86. The van der Waals surface area contributed by atoms with Gasteiger partial charge in [-0.1, -0.05) is 24.3 Å². The van der Waals surface area contributed by atoms with E-state index in [0.29, 0.717) is 11.4 Å². The normalized spacial score (nSPS) is 11.6. The lowest BCUT2D eigenvalue weighted by molar-refractivity contribution is -0.384. The van der Waals surface area contributed by atoms with Crippen LogP contribution in [0.5, 0.6) is 11.5 Å². The lowest BCUT2D eigenvalue weighted by Crippen LogP contribution is -1.98. The van der Waals surface area contributed by atoms with Gasteiger partial charge in [-0.2, -0.15) is 8.42 Å². The fourth-order valence-corrected chi connectivity index (χ4v) is 3.93. The number of benzene rings is 4. The van der Waals surface area contributed by atoms with Gasteiger partial charge in [0.2, 0.25) is 0 Å². The van der Waals surface area contributed by atoms with Gasteiger partial charge in [-0.15, -0.1) is 10.2 Å². The number of aromatic hydroxyl groups is 1. The smallest absolute Gasteiger partial charge is 0.294 e. The quantitative estimate of drug-likeness (QED) is 0.124. The van der Waals surface area contributed by atoms with Gasteiger partial charge in [-0.05, 0) is 35.7 Å². The first-order valence-corrected chi connectivity index (χ1v) is 11.4. The van der Waals surface area contributed by atoms with Crippen LogP contribution in [0, 0.1) is 10.1 Å². The molecule has 0 atom stereocenters. The zero-order valence-electron chi connectivity index (χ0n) is 18.1. The van der Waals surface area contributed by atoms with Gasteiger partial charge in [0.25, 0.3) is 15.8 Å². The second kappa shape index (κ2) is 9.37. The number of methoxy groups -OCH3 is 1. The first-order chi connectivity index (χ1) is 16.7. The number of non-ortho nitro benzene ring substituents is 1. The molecule has 0 amide bonds. The highest BCUT2D eigenvalue weighted by molar-refractivity contribution is 7.85. The fourth-order valence-electron chi connectivity index (χ4n) is 3.40. The average Bonchev–Trinajstić information content (AvgIpc) is 2.83. The molecule has 0 spiro atoms. The molecule has 0 saturated heterocycles. The van der Waals surface area contributed by atoms with Gasteiger partial charge in [0.15, 0.2) is 5.75 Å². The Morgan fingerprint density at radius 2 is 1.74 bits per heavy atom. The summed E-state index contributed by atoms with van der Waals surface area (Å²) in [4.78, 5) is 10.0. The summed E-state index contributed by atoms with van der Waals surface area (Å²) < 4.78 is 37.8. The molecule has 4 aromatic carbocycles. The van der Waals surface area contributed by atoms with Crippen molar-refractivity contribution in [1.82, 2.24) is 0 Å². The van der Waals surface area contributed by atoms with Crippen LogP contribution >= 0.6 is 0 Å². The maximum Gasteiger partial charge on any atom is 0.294 e. The number of hydrogen-bond acceptors (Lipinski definition) is 9. The van der Waals surface area contributed by atoms with Crippen LogP contribution in [0.1, 0.15) is 0 Å². The standard InChI is InChI=1S/C23H18N4O7S/c1-34-21-12-16(27(29)30)8-10-18(21)25-26-23-19(24-15-5-3-2-4-6-15)9-7-14-11-17(35(31,32)33)13-20(28)22(14)23/h2-13,24,28H,1H3,(H,31,32,33). The van der Waals surface area contributed by atoms with Crippen LogP contribution < -0.4 is 10.1 Å². The minimum atomic E-state index is -4.56. The van der Waals surface area contributed by atoms with Crippen LogP contribution in [-0.4, -0.2) is 30.1 Å². The van der Waals surface area contributed by atoms with Gasteiger partial charge in [0, 0.05) is 17.8 Å². The SMILES string of the molecule is COc1cc([N+](=O)[O-])ccc1N=Nc1c(Nc2ccccc2)ccc2cc(S(=O)(=O)O)cc(O)c12. The van der Waals surface area contributed by atoms with E-state index in [1.807, 2.05) is 30.3 Å². The summed E-state index contributed by atoms with van der Waals surface area (Å²) in [5.74, 6) is -0.338. The van der Waals surface area contributed by atoms with Crippen molar-refractivity contribution < 1.29 is 27.7 Å². The number of hydrogen-bond donors (Lipinski definition) is 3. The molecule has 4 rings (SSSR count). The van der Waals surface area contributed by atoms with Gasteiger partial charge in [-0.3, -0.25) is 14.7 Å². The Hall–Kier alpha value is -4.55. The summed E-state index contributed by atoms with van der Waals surface area (Å²) in [6.45, 7) is 0. The molecular formula is C23H18N4O7S. The number of fused-ring (bicyclic) bond motifs is 1. The number of ether oxygens (including phenoxy) is 1. The summed E-state index contributed by atoms with van der Waals surface area (Å²) in [6.07, 6.45) is 0. The molecule has 35 heavy (non-hydrogen) atoms. The monoisotopic (exact) mass is 494 g/mol.